The van der Waals surface area contributed by atoms with Crippen molar-refractivity contribution in [3.8, 4) is 0 Å². The van der Waals surface area contributed by atoms with Gasteiger partial charge in [-0.3, -0.25) is 4.79 Å². The summed E-state index contributed by atoms with van der Waals surface area (Å²) in [5.41, 5.74) is 3.81. The zero-order valence-corrected chi connectivity index (χ0v) is 12.3. The Morgan fingerprint density at radius 2 is 2.15 bits per heavy atom. The maximum Gasteiger partial charge on any atom is 0.222 e. The lowest BCUT2D eigenvalue weighted by Gasteiger charge is -2.34. The van der Waals surface area contributed by atoms with E-state index in [0.29, 0.717) is 18.3 Å². The highest BCUT2D eigenvalue weighted by Gasteiger charge is 2.47. The van der Waals surface area contributed by atoms with Crippen LogP contribution in [0, 0.1) is 25.7 Å². The van der Waals surface area contributed by atoms with Crippen LogP contribution in [0.3, 0.4) is 0 Å². The van der Waals surface area contributed by atoms with E-state index in [1.807, 2.05) is 4.90 Å². The van der Waals surface area contributed by atoms with Crippen LogP contribution in [0.5, 0.6) is 0 Å². The first kappa shape index (κ1) is 13.6. The second-order valence-electron chi connectivity index (χ2n) is 6.46. The van der Waals surface area contributed by atoms with E-state index in [9.17, 15) is 9.90 Å². The minimum absolute atomic E-state index is 0.169. The minimum Gasteiger partial charge on any atom is -0.393 e. The number of hydrogen-bond donors (Lipinski definition) is 1. The Bertz CT molecular complexity index is 526. The third kappa shape index (κ3) is 2.47. The number of carbonyl (C=O) groups excluding carboxylic acids is 1. The van der Waals surface area contributed by atoms with E-state index in [0.717, 1.165) is 25.9 Å². The molecule has 2 aliphatic rings. The van der Waals surface area contributed by atoms with Crippen LogP contribution in [0.15, 0.2) is 18.2 Å². The van der Waals surface area contributed by atoms with Crippen molar-refractivity contribution in [1.29, 1.82) is 0 Å². The van der Waals surface area contributed by atoms with Gasteiger partial charge in [0.15, 0.2) is 0 Å². The molecule has 1 aliphatic carbocycles. The van der Waals surface area contributed by atoms with Gasteiger partial charge in [0, 0.05) is 25.4 Å². The second-order valence-corrected chi connectivity index (χ2v) is 6.46. The molecule has 1 aromatic rings. The maximum atomic E-state index is 12.3. The Balaban J connectivity index is 1.55. The number of aryl methyl sites for hydroxylation is 3. The van der Waals surface area contributed by atoms with E-state index in [2.05, 4.69) is 32.0 Å². The Morgan fingerprint density at radius 3 is 2.80 bits per heavy atom. The molecule has 3 atom stereocenters. The Kier molecular flexibility index (Phi) is 3.55. The summed E-state index contributed by atoms with van der Waals surface area (Å²) in [7, 11) is 0. The van der Waals surface area contributed by atoms with E-state index in [4.69, 9.17) is 0 Å². The molecule has 3 rings (SSSR count). The number of benzene rings is 1. The molecule has 0 radical (unpaired) electrons. The topological polar surface area (TPSA) is 40.5 Å². The SMILES string of the molecule is Cc1ccc(CCC(=O)N2C[C@H]3C[C@@H](O)[C@H]3C2)c(C)c1. The summed E-state index contributed by atoms with van der Waals surface area (Å²) in [5, 5.41) is 9.65. The first-order valence-electron chi connectivity index (χ1n) is 7.56. The summed E-state index contributed by atoms with van der Waals surface area (Å²) in [6.45, 7) is 5.82. The smallest absolute Gasteiger partial charge is 0.222 e. The van der Waals surface area contributed by atoms with Crippen molar-refractivity contribution >= 4 is 5.91 Å². The molecule has 3 nitrogen and oxygen atoms in total. The molecule has 0 spiro atoms. The van der Waals surface area contributed by atoms with Gasteiger partial charge in [-0.1, -0.05) is 23.8 Å². The van der Waals surface area contributed by atoms with Crippen molar-refractivity contribution < 1.29 is 9.90 Å². The molecule has 1 aliphatic heterocycles. The average molecular weight is 273 g/mol. The molecule has 0 bridgehead atoms. The van der Waals surface area contributed by atoms with Crippen LogP contribution < -0.4 is 0 Å². The summed E-state index contributed by atoms with van der Waals surface area (Å²) in [4.78, 5) is 14.2. The van der Waals surface area contributed by atoms with Crippen LogP contribution in [0.1, 0.15) is 29.5 Å². The molecule has 1 N–H and O–H groups in total. The first-order valence-corrected chi connectivity index (χ1v) is 7.56. The average Bonchev–Trinajstić information content (AvgIpc) is 2.75. The molecule has 1 saturated carbocycles. The van der Waals surface area contributed by atoms with Crippen LogP contribution in [-0.2, 0) is 11.2 Å². The van der Waals surface area contributed by atoms with E-state index >= 15 is 0 Å². The predicted octanol–water partition coefficient (Wildman–Crippen LogP) is 2.08. The fourth-order valence-electron chi connectivity index (χ4n) is 3.60. The number of aliphatic hydroxyl groups is 1. The molecule has 0 unspecified atom stereocenters. The maximum absolute atomic E-state index is 12.3. The molecular weight excluding hydrogens is 250 g/mol. The van der Waals surface area contributed by atoms with E-state index in [-0.39, 0.29) is 12.0 Å². The zero-order valence-electron chi connectivity index (χ0n) is 12.3. The molecule has 1 aromatic carbocycles. The standard InChI is InChI=1S/C17H23NO2/c1-11-3-4-13(12(2)7-11)5-6-17(20)18-9-14-8-16(19)15(14)10-18/h3-4,7,14-16,19H,5-6,8-10H2,1-2H3/t14-,15+,16-/m1/s1. The van der Waals surface area contributed by atoms with Gasteiger partial charge < -0.3 is 10.0 Å². The van der Waals surface area contributed by atoms with Gasteiger partial charge in [0.1, 0.15) is 0 Å². The highest BCUT2D eigenvalue weighted by atomic mass is 16.3. The molecule has 1 saturated heterocycles. The first-order chi connectivity index (χ1) is 9.54. The molecule has 20 heavy (non-hydrogen) atoms. The Labute approximate surface area is 120 Å². The highest BCUT2D eigenvalue weighted by molar-refractivity contribution is 5.77. The summed E-state index contributed by atoms with van der Waals surface area (Å²) in [6.07, 6.45) is 2.11. The van der Waals surface area contributed by atoms with Crippen molar-refractivity contribution in [1.82, 2.24) is 4.90 Å². The number of amides is 1. The van der Waals surface area contributed by atoms with Gasteiger partial charge >= 0.3 is 0 Å². The number of nitrogens with zero attached hydrogens (tertiary/aromatic N) is 1. The highest BCUT2D eigenvalue weighted by Crippen LogP contribution is 2.40. The quantitative estimate of drug-likeness (QED) is 0.916. The van der Waals surface area contributed by atoms with E-state index < -0.39 is 0 Å². The van der Waals surface area contributed by atoms with Crippen LogP contribution >= 0.6 is 0 Å². The third-order valence-electron chi connectivity index (χ3n) is 4.99. The molecule has 1 amide bonds. The van der Waals surface area contributed by atoms with Crippen molar-refractivity contribution in [3.05, 3.63) is 34.9 Å². The summed E-state index contributed by atoms with van der Waals surface area (Å²) in [6, 6.07) is 6.42. The van der Waals surface area contributed by atoms with Crippen LogP contribution in [0.25, 0.3) is 0 Å². The van der Waals surface area contributed by atoms with Crippen molar-refractivity contribution in [2.24, 2.45) is 11.8 Å². The number of aliphatic hydroxyl groups excluding tert-OH is 1. The van der Waals surface area contributed by atoms with Gasteiger partial charge in [-0.05, 0) is 43.7 Å². The molecule has 108 valence electrons. The fraction of sp³-hybridized carbons (Fsp3) is 0.588. The normalized spacial score (nSPS) is 28.1. The van der Waals surface area contributed by atoms with Gasteiger partial charge in [-0.15, -0.1) is 0 Å². The zero-order chi connectivity index (χ0) is 14.3. The van der Waals surface area contributed by atoms with E-state index in [1.165, 1.54) is 16.7 Å². The Morgan fingerprint density at radius 1 is 1.35 bits per heavy atom. The lowest BCUT2D eigenvalue weighted by Crippen LogP contribution is -2.39. The lowest BCUT2D eigenvalue weighted by molar-refractivity contribution is -0.130. The van der Waals surface area contributed by atoms with Gasteiger partial charge in [0.05, 0.1) is 6.10 Å². The molecule has 3 heteroatoms. The predicted molar refractivity (Wildman–Crippen MR) is 78.4 cm³/mol. The lowest BCUT2D eigenvalue weighted by atomic mass is 9.74. The van der Waals surface area contributed by atoms with Gasteiger partial charge in [0.2, 0.25) is 5.91 Å². The summed E-state index contributed by atoms with van der Waals surface area (Å²) in [5.74, 6) is 1.14. The van der Waals surface area contributed by atoms with E-state index in [1.54, 1.807) is 0 Å². The van der Waals surface area contributed by atoms with Gasteiger partial charge in [0.25, 0.3) is 0 Å². The summed E-state index contributed by atoms with van der Waals surface area (Å²) < 4.78 is 0. The van der Waals surface area contributed by atoms with Crippen molar-refractivity contribution in [3.63, 3.8) is 0 Å². The van der Waals surface area contributed by atoms with Crippen LogP contribution in [0.4, 0.5) is 0 Å². The number of likely N-dealkylation sites (tertiary alicyclic amines) is 1. The monoisotopic (exact) mass is 273 g/mol. The number of carbonyl (C=O) groups is 1. The van der Waals surface area contributed by atoms with Crippen LogP contribution in [-0.4, -0.2) is 35.1 Å². The van der Waals surface area contributed by atoms with Crippen LogP contribution in [0.2, 0.25) is 0 Å². The van der Waals surface area contributed by atoms with Gasteiger partial charge in [-0.2, -0.15) is 0 Å². The molecule has 0 aromatic heterocycles. The number of fused-ring (bicyclic) bond motifs is 1. The van der Waals surface area contributed by atoms with Crippen molar-refractivity contribution in [2.45, 2.75) is 39.2 Å². The minimum atomic E-state index is -0.169. The van der Waals surface area contributed by atoms with Gasteiger partial charge in [-0.25, -0.2) is 0 Å². The number of hydrogen-bond acceptors (Lipinski definition) is 2. The third-order valence-corrected chi connectivity index (χ3v) is 4.99. The molecular formula is C17H23NO2. The second kappa shape index (κ2) is 5.21. The molecule has 2 fully saturated rings. The Hall–Kier alpha value is -1.35. The fourth-order valence-corrected chi connectivity index (χ4v) is 3.60. The summed E-state index contributed by atoms with van der Waals surface area (Å²) >= 11 is 0. The largest absolute Gasteiger partial charge is 0.393 e. The number of rotatable bonds is 3. The molecule has 1 heterocycles. The van der Waals surface area contributed by atoms with Crippen molar-refractivity contribution in [2.75, 3.05) is 13.1 Å².